The number of nitrogens with one attached hydrogen (secondary N) is 2. The number of hydrogen-bond acceptors (Lipinski definition) is 21. The van der Waals surface area contributed by atoms with Crippen LogP contribution in [-0.2, 0) is 76.0 Å². The van der Waals surface area contributed by atoms with E-state index in [4.69, 9.17) is 103 Å². The second-order valence-corrected chi connectivity index (χ2v) is 37.1. The van der Waals surface area contributed by atoms with E-state index >= 15 is 0 Å². The van der Waals surface area contributed by atoms with E-state index in [0.29, 0.717) is 150 Å². The van der Waals surface area contributed by atoms with Gasteiger partial charge in [0, 0.05) is 73.5 Å². The average Bonchev–Trinajstić information content (AvgIpc) is 0.734. The van der Waals surface area contributed by atoms with Crippen molar-refractivity contribution in [1.82, 2.24) is 22.8 Å². The van der Waals surface area contributed by atoms with E-state index in [1.54, 1.807) is 130 Å². The summed E-state index contributed by atoms with van der Waals surface area (Å²) in [6.45, 7) is 0.636. The fourth-order valence-electron chi connectivity index (χ4n) is 17.5. The lowest BCUT2D eigenvalue weighted by molar-refractivity contribution is -0.138. The number of anilines is 4. The SMILES string of the molecule is COc1c(Cl)ccc2c(=O)c3ccc(C4=CCCOC4)cc3n(CC(=O)O)c12.COc1c(Cl)ccc2c(=O)c3ccc(C4CCCOC4)cc3n(CC(=O)O)c12.COc1c(Cl)ccc2c(=O)c3ccc(Nc4ccc(Cl)cc4)cc3n(CC(=O)O)c12.COc1c(Cl)ccc2c(=O)c3ccc(Nc4ccc(F)cc4)cc3n(CC(=O)O)c12.COc1c(Cl)ccc2c(=O)c3ccc(S(C)(=O)=O)cc3n(CC(=O)O)c12. The second kappa shape index (κ2) is 43.1. The van der Waals surface area contributed by atoms with Crippen molar-refractivity contribution >= 4 is 247 Å². The molecule has 730 valence electrons. The highest BCUT2D eigenvalue weighted by Crippen LogP contribution is 2.43. The standard InChI is InChI=1S/C22H16Cl2N2O4.C22H16ClFN2O4.C21H20ClNO5.C21H18ClNO5.C17H14ClNO6S/c1-30-22-17(24)9-8-16-20(22)26(11-19(27)28)18-10-14(6-7-15(18)21(16)29)25-13-4-2-12(23)3-5-13;1-30-22-17(23)9-8-16-20(22)26(11-19(27)28)18-10-14(6-7-15(18)21(16)29)25-13-4-2-12(24)3-5-13;2*1-27-21-16(22)7-6-15-19(21)23(10-18(24)25)17-9-12(4-5-14(17)20(15)26)13-3-2-8-28-11-13;1-25-17-12(18)6-5-11-15(17)19(8-14(20)21)13-7-9(26(2,23)24)3-4-10(13)16(11)22/h2*2-10,25H,11H2,1H3,(H,27,28);4-7,9,13H,2-3,8,10-11H2,1H3,(H,24,25);3-7,9H,2,8,10-11H2,1H3,(H,24,25);3-7H,8H2,1-2H3,(H,20,21). The largest absolute Gasteiger partial charge is 0.493 e. The number of nitrogens with zero attached hydrogens (tertiary/aromatic N) is 5. The quantitative estimate of drug-likeness (QED) is 0.0310. The van der Waals surface area contributed by atoms with Crippen molar-refractivity contribution in [2.45, 2.75) is 62.8 Å². The van der Waals surface area contributed by atoms with Crippen LogP contribution in [0.15, 0.2) is 235 Å². The Hall–Kier alpha value is -14.8. The number of aliphatic carboxylic acids is 5. The minimum atomic E-state index is -3.55. The van der Waals surface area contributed by atoms with Crippen molar-refractivity contribution in [3.63, 3.8) is 0 Å². The van der Waals surface area contributed by atoms with Gasteiger partial charge in [-0.3, -0.25) is 47.9 Å². The molecule has 0 bridgehead atoms. The van der Waals surface area contributed by atoms with Crippen LogP contribution in [0, 0.1) is 5.82 Å². The van der Waals surface area contributed by atoms with Gasteiger partial charge < -0.3 is 92.2 Å². The van der Waals surface area contributed by atoms with Crippen molar-refractivity contribution in [2.24, 2.45) is 0 Å². The number of aromatic nitrogens is 5. The summed E-state index contributed by atoms with van der Waals surface area (Å²) in [4.78, 5) is 123. The van der Waals surface area contributed by atoms with Crippen LogP contribution in [-0.4, -0.2) is 155 Å². The maximum atomic E-state index is 13.2. The normalized spacial score (nSPS) is 13.0. The van der Waals surface area contributed by atoms with E-state index in [1.165, 1.54) is 91.7 Å². The maximum Gasteiger partial charge on any atom is 0.323 e. The van der Waals surface area contributed by atoms with E-state index in [1.807, 2.05) is 36.4 Å². The monoisotopic (exact) mass is 2060 g/mol. The van der Waals surface area contributed by atoms with Crippen LogP contribution in [0.1, 0.15) is 36.3 Å². The predicted octanol–water partition coefficient (Wildman–Crippen LogP) is 19.9. The third-order valence-electron chi connectivity index (χ3n) is 23.7. The van der Waals surface area contributed by atoms with Gasteiger partial charge in [-0.05, 0) is 224 Å². The third kappa shape index (κ3) is 21.0. The van der Waals surface area contributed by atoms with Crippen LogP contribution in [0.2, 0.25) is 30.1 Å². The highest BCUT2D eigenvalue weighted by molar-refractivity contribution is 7.90. The fourth-order valence-corrected chi connectivity index (χ4v) is 19.4. The summed E-state index contributed by atoms with van der Waals surface area (Å²) < 4.78 is 82.5. The molecule has 7 heterocycles. The number of pyridine rings is 5. The number of carboxylic acids is 5. The van der Waals surface area contributed by atoms with Gasteiger partial charge in [0.2, 0.25) is 0 Å². The van der Waals surface area contributed by atoms with Gasteiger partial charge in [0.1, 0.15) is 38.5 Å². The Morgan fingerprint density at radius 1 is 0.380 bits per heavy atom. The molecule has 1 atom stereocenters. The van der Waals surface area contributed by atoms with Crippen LogP contribution >= 0.6 is 69.6 Å². The van der Waals surface area contributed by atoms with E-state index in [-0.39, 0.29) is 118 Å². The van der Waals surface area contributed by atoms with E-state index in [9.17, 15) is 86.3 Å². The lowest BCUT2D eigenvalue weighted by Gasteiger charge is -2.23. The predicted molar refractivity (Wildman–Crippen MR) is 548 cm³/mol. The van der Waals surface area contributed by atoms with Gasteiger partial charge in [-0.1, -0.05) is 87.8 Å². The molecule has 1 fully saturated rings. The summed E-state index contributed by atoms with van der Waals surface area (Å²) in [5.74, 6) is -4.27. The number of sulfone groups is 1. The molecule has 7 N–H and O–H groups in total. The summed E-state index contributed by atoms with van der Waals surface area (Å²) >= 11 is 37.1. The molecule has 17 aromatic rings. The molecule has 39 heteroatoms. The van der Waals surface area contributed by atoms with Gasteiger partial charge in [0.25, 0.3) is 0 Å². The van der Waals surface area contributed by atoms with Crippen molar-refractivity contribution < 1.29 is 95.5 Å². The topological polar surface area (TPSA) is 419 Å². The molecule has 0 amide bonds. The Bertz CT molecular complexity index is 8340. The first-order chi connectivity index (χ1) is 67.9. The molecule has 5 aromatic heterocycles. The van der Waals surface area contributed by atoms with Crippen LogP contribution in [0.3, 0.4) is 0 Å². The van der Waals surface area contributed by atoms with Gasteiger partial charge >= 0.3 is 29.8 Å². The smallest absolute Gasteiger partial charge is 0.323 e. The summed E-state index contributed by atoms with van der Waals surface area (Å²) in [5.41, 5.74) is 8.18. The summed E-state index contributed by atoms with van der Waals surface area (Å²) in [7, 11) is 3.54. The number of fused-ring (bicyclic) bond motifs is 10. The molecule has 2 aliphatic rings. The molecule has 19 rings (SSSR count). The molecule has 1 saturated heterocycles. The zero-order chi connectivity index (χ0) is 102. The number of ether oxygens (including phenoxy) is 7. The zero-order valence-electron chi connectivity index (χ0n) is 76.0. The van der Waals surface area contributed by atoms with Crippen molar-refractivity contribution in [2.75, 3.05) is 78.9 Å². The minimum absolute atomic E-state index is 0.0242. The van der Waals surface area contributed by atoms with Crippen molar-refractivity contribution in [3.8, 4) is 28.7 Å². The molecule has 0 radical (unpaired) electrons. The molecule has 12 aromatic carbocycles. The Morgan fingerprint density at radius 2 is 0.690 bits per heavy atom. The lowest BCUT2D eigenvalue weighted by Crippen LogP contribution is -2.18. The van der Waals surface area contributed by atoms with Crippen LogP contribution < -0.4 is 61.5 Å². The molecular weight excluding hydrogens is 1980 g/mol. The third-order valence-corrected chi connectivity index (χ3v) is 26.6. The molecule has 31 nitrogen and oxygen atoms in total. The summed E-state index contributed by atoms with van der Waals surface area (Å²) in [6, 6.07) is 53.8. The lowest BCUT2D eigenvalue weighted by atomic mass is 9.92. The number of benzene rings is 12. The fraction of sp³-hybridized carbons (Fsp3) is 0.184. The second-order valence-electron chi connectivity index (χ2n) is 32.6. The highest BCUT2D eigenvalue weighted by Gasteiger charge is 2.28. The van der Waals surface area contributed by atoms with Gasteiger partial charge in [-0.15, -0.1) is 0 Å². The number of hydrogen-bond donors (Lipinski definition) is 7. The molecule has 142 heavy (non-hydrogen) atoms. The van der Waals surface area contributed by atoms with Crippen LogP contribution in [0.5, 0.6) is 28.7 Å². The number of halogens is 7. The molecule has 1 unspecified atom stereocenters. The van der Waals surface area contributed by atoms with Crippen LogP contribution in [0.25, 0.3) is 115 Å². The van der Waals surface area contributed by atoms with Gasteiger partial charge in [-0.2, -0.15) is 0 Å². The zero-order valence-corrected chi connectivity index (χ0v) is 81.3. The molecule has 0 aliphatic carbocycles. The summed E-state index contributed by atoms with van der Waals surface area (Å²) in [6.07, 6.45) is 5.93. The highest BCUT2D eigenvalue weighted by atomic mass is 35.5. The Labute approximate surface area is 834 Å². The van der Waals surface area contributed by atoms with Crippen molar-refractivity contribution in [1.29, 1.82) is 0 Å². The first kappa shape index (κ1) is 102. The van der Waals surface area contributed by atoms with Gasteiger partial charge in [-0.25, -0.2) is 12.8 Å². The number of methoxy groups -OCH3 is 5. The molecule has 0 spiro atoms. The molecule has 2 aliphatic heterocycles. The number of rotatable bonds is 22. The number of carbonyl (C=O) groups is 5. The Morgan fingerprint density at radius 3 is 1.01 bits per heavy atom. The Balaban J connectivity index is 0.000000134. The van der Waals surface area contributed by atoms with E-state index < -0.39 is 52.8 Å². The van der Waals surface area contributed by atoms with Gasteiger partial charge in [0.05, 0.1) is 167 Å². The average molecular weight is 2070 g/mol. The van der Waals surface area contributed by atoms with Gasteiger partial charge in [0.15, 0.2) is 65.7 Å². The van der Waals surface area contributed by atoms with E-state index in [2.05, 4.69) is 16.7 Å². The Kier molecular flexibility index (Phi) is 30.9. The first-order valence-electron chi connectivity index (χ1n) is 43.3. The molecular formula is C103H84Cl6FN7O24S. The minimum Gasteiger partial charge on any atom is -0.493 e. The number of carboxylic acid groups (broad SMARTS) is 5. The maximum absolute atomic E-state index is 13.2. The van der Waals surface area contributed by atoms with E-state index in [0.717, 1.165) is 54.5 Å². The van der Waals surface area contributed by atoms with Crippen LogP contribution in [0.4, 0.5) is 27.1 Å². The molecule has 0 saturated carbocycles. The summed E-state index contributed by atoms with van der Waals surface area (Å²) in [5, 5.41) is 59.2. The first-order valence-corrected chi connectivity index (χ1v) is 47.4. The van der Waals surface area contributed by atoms with Crippen molar-refractivity contribution in [3.05, 3.63) is 304 Å².